The zero-order chi connectivity index (χ0) is 11.3. The van der Waals surface area contributed by atoms with E-state index in [4.69, 9.17) is 0 Å². The highest BCUT2D eigenvalue weighted by Gasteiger charge is 2.08. The van der Waals surface area contributed by atoms with Gasteiger partial charge < -0.3 is 5.32 Å². The Hall–Kier alpha value is -1.15. The minimum atomic E-state index is 0.233. The Kier molecular flexibility index (Phi) is 4.50. The van der Waals surface area contributed by atoms with E-state index in [1.54, 1.807) is 0 Å². The van der Waals surface area contributed by atoms with Gasteiger partial charge in [-0.2, -0.15) is 0 Å². The number of ketones is 1. The molecule has 15 heavy (non-hydrogen) atoms. The average molecular weight is 205 g/mol. The van der Waals surface area contributed by atoms with Crippen molar-refractivity contribution in [2.45, 2.75) is 27.2 Å². The predicted octanol–water partition coefficient (Wildman–Crippen LogP) is 2.49. The maximum atomic E-state index is 11.9. The van der Waals surface area contributed by atoms with Crippen LogP contribution in [0.3, 0.4) is 0 Å². The monoisotopic (exact) mass is 205 g/mol. The standard InChI is InChI=1S/C13H19NO/c1-4-14-9-8-13(15)12-7-5-6-10(2)11(12)3/h5-7,14H,4,8-9H2,1-3H3. The summed E-state index contributed by atoms with van der Waals surface area (Å²) in [5.41, 5.74) is 3.16. The van der Waals surface area contributed by atoms with E-state index in [1.807, 2.05) is 39.0 Å². The average Bonchev–Trinajstić information content (AvgIpc) is 2.22. The van der Waals surface area contributed by atoms with Gasteiger partial charge in [0.15, 0.2) is 5.78 Å². The van der Waals surface area contributed by atoms with Crippen LogP contribution in [-0.2, 0) is 0 Å². The molecule has 0 saturated carbocycles. The highest BCUT2D eigenvalue weighted by atomic mass is 16.1. The number of Topliss-reactive ketones (excluding diaryl/α,β-unsaturated/α-hetero) is 1. The number of nitrogens with one attached hydrogen (secondary N) is 1. The molecule has 0 aliphatic carbocycles. The fourth-order valence-electron chi connectivity index (χ4n) is 1.57. The first-order valence-electron chi connectivity index (χ1n) is 5.47. The van der Waals surface area contributed by atoms with Crippen LogP contribution in [0.1, 0.15) is 34.8 Å². The molecule has 1 aromatic rings. The Morgan fingerprint density at radius 1 is 1.33 bits per heavy atom. The summed E-state index contributed by atoms with van der Waals surface area (Å²) in [7, 11) is 0. The first kappa shape index (κ1) is 11.9. The molecule has 0 aliphatic rings. The fraction of sp³-hybridized carbons (Fsp3) is 0.462. The van der Waals surface area contributed by atoms with Crippen LogP contribution in [0.4, 0.5) is 0 Å². The van der Waals surface area contributed by atoms with Gasteiger partial charge >= 0.3 is 0 Å². The second-order valence-corrected chi connectivity index (χ2v) is 3.77. The molecule has 1 N–H and O–H groups in total. The van der Waals surface area contributed by atoms with Crippen molar-refractivity contribution in [1.82, 2.24) is 5.32 Å². The first-order chi connectivity index (χ1) is 7.16. The Labute approximate surface area is 91.7 Å². The Morgan fingerprint density at radius 3 is 2.73 bits per heavy atom. The summed E-state index contributed by atoms with van der Waals surface area (Å²) in [6.07, 6.45) is 0.581. The van der Waals surface area contributed by atoms with Gasteiger partial charge in [0.25, 0.3) is 0 Å². The number of rotatable bonds is 5. The first-order valence-corrected chi connectivity index (χ1v) is 5.47. The van der Waals surface area contributed by atoms with Gasteiger partial charge in [-0.15, -0.1) is 0 Å². The van der Waals surface area contributed by atoms with Gasteiger partial charge in [0, 0.05) is 18.5 Å². The van der Waals surface area contributed by atoms with Crippen molar-refractivity contribution < 1.29 is 4.79 Å². The van der Waals surface area contributed by atoms with Gasteiger partial charge in [0.05, 0.1) is 0 Å². The van der Waals surface area contributed by atoms with Crippen molar-refractivity contribution in [2.24, 2.45) is 0 Å². The van der Waals surface area contributed by atoms with E-state index in [0.29, 0.717) is 6.42 Å². The maximum absolute atomic E-state index is 11.9. The van der Waals surface area contributed by atoms with Crippen molar-refractivity contribution in [3.63, 3.8) is 0 Å². The molecule has 0 saturated heterocycles. The van der Waals surface area contributed by atoms with Gasteiger partial charge in [-0.1, -0.05) is 25.1 Å². The fourth-order valence-corrected chi connectivity index (χ4v) is 1.57. The summed E-state index contributed by atoms with van der Waals surface area (Å²) in [5.74, 6) is 0.233. The van der Waals surface area contributed by atoms with Crippen LogP contribution in [0.25, 0.3) is 0 Å². The lowest BCUT2D eigenvalue weighted by molar-refractivity contribution is 0.0982. The number of hydrogen-bond acceptors (Lipinski definition) is 2. The van der Waals surface area contributed by atoms with Gasteiger partial charge in [-0.05, 0) is 31.5 Å². The van der Waals surface area contributed by atoms with Crippen LogP contribution in [0.5, 0.6) is 0 Å². The van der Waals surface area contributed by atoms with Crippen LogP contribution in [0.2, 0.25) is 0 Å². The topological polar surface area (TPSA) is 29.1 Å². The van der Waals surface area contributed by atoms with Gasteiger partial charge in [0.1, 0.15) is 0 Å². The third-order valence-electron chi connectivity index (χ3n) is 2.68. The lowest BCUT2D eigenvalue weighted by Crippen LogP contribution is -2.18. The molecule has 0 aliphatic heterocycles. The Balaban J connectivity index is 2.69. The molecule has 0 amide bonds. The molecular weight excluding hydrogens is 186 g/mol. The molecule has 0 spiro atoms. The van der Waals surface area contributed by atoms with E-state index in [0.717, 1.165) is 24.2 Å². The predicted molar refractivity (Wildman–Crippen MR) is 63.4 cm³/mol. The molecule has 1 rings (SSSR count). The number of carbonyl (C=O) groups is 1. The van der Waals surface area contributed by atoms with Crippen LogP contribution in [-0.4, -0.2) is 18.9 Å². The lowest BCUT2D eigenvalue weighted by Gasteiger charge is -2.07. The summed E-state index contributed by atoms with van der Waals surface area (Å²) < 4.78 is 0. The molecule has 2 heteroatoms. The van der Waals surface area contributed by atoms with Crippen molar-refractivity contribution in [1.29, 1.82) is 0 Å². The van der Waals surface area contributed by atoms with Crippen molar-refractivity contribution in [3.05, 3.63) is 34.9 Å². The van der Waals surface area contributed by atoms with E-state index >= 15 is 0 Å². The molecule has 82 valence electrons. The Morgan fingerprint density at radius 2 is 2.07 bits per heavy atom. The minimum absolute atomic E-state index is 0.233. The summed E-state index contributed by atoms with van der Waals surface area (Å²) in [4.78, 5) is 11.9. The molecular formula is C13H19NO. The van der Waals surface area contributed by atoms with Gasteiger partial charge in [0.2, 0.25) is 0 Å². The van der Waals surface area contributed by atoms with E-state index in [2.05, 4.69) is 5.32 Å². The van der Waals surface area contributed by atoms with Gasteiger partial charge in [-0.3, -0.25) is 4.79 Å². The molecule has 0 unspecified atom stereocenters. The minimum Gasteiger partial charge on any atom is -0.317 e. The second-order valence-electron chi connectivity index (χ2n) is 3.77. The highest BCUT2D eigenvalue weighted by molar-refractivity contribution is 5.97. The molecule has 1 aromatic carbocycles. The normalized spacial score (nSPS) is 10.3. The molecule has 0 fully saturated rings. The zero-order valence-corrected chi connectivity index (χ0v) is 9.76. The molecule has 0 aromatic heterocycles. The third-order valence-corrected chi connectivity index (χ3v) is 2.68. The van der Waals surface area contributed by atoms with E-state index in [-0.39, 0.29) is 5.78 Å². The summed E-state index contributed by atoms with van der Waals surface area (Å²) in [6, 6.07) is 5.90. The Bertz CT molecular complexity index is 344. The largest absolute Gasteiger partial charge is 0.317 e. The lowest BCUT2D eigenvalue weighted by atomic mass is 9.99. The van der Waals surface area contributed by atoms with Crippen LogP contribution in [0, 0.1) is 13.8 Å². The van der Waals surface area contributed by atoms with E-state index < -0.39 is 0 Å². The smallest absolute Gasteiger partial charge is 0.164 e. The molecule has 0 heterocycles. The zero-order valence-electron chi connectivity index (χ0n) is 9.76. The molecule has 0 radical (unpaired) electrons. The van der Waals surface area contributed by atoms with Crippen LogP contribution >= 0.6 is 0 Å². The molecule has 0 bridgehead atoms. The van der Waals surface area contributed by atoms with Crippen molar-refractivity contribution >= 4 is 5.78 Å². The number of benzene rings is 1. The molecule has 2 nitrogen and oxygen atoms in total. The van der Waals surface area contributed by atoms with Crippen LogP contribution in [0.15, 0.2) is 18.2 Å². The second kappa shape index (κ2) is 5.66. The van der Waals surface area contributed by atoms with E-state index in [9.17, 15) is 4.79 Å². The SMILES string of the molecule is CCNCCC(=O)c1cccc(C)c1C. The van der Waals surface area contributed by atoms with Gasteiger partial charge in [-0.25, -0.2) is 0 Å². The molecule has 0 atom stereocenters. The quantitative estimate of drug-likeness (QED) is 0.591. The van der Waals surface area contributed by atoms with E-state index in [1.165, 1.54) is 5.56 Å². The van der Waals surface area contributed by atoms with Crippen molar-refractivity contribution in [3.8, 4) is 0 Å². The van der Waals surface area contributed by atoms with Crippen LogP contribution < -0.4 is 5.32 Å². The number of carbonyl (C=O) groups excluding carboxylic acids is 1. The number of aryl methyl sites for hydroxylation is 1. The summed E-state index contributed by atoms with van der Waals surface area (Å²) >= 11 is 0. The maximum Gasteiger partial charge on any atom is 0.164 e. The summed E-state index contributed by atoms with van der Waals surface area (Å²) in [5, 5.41) is 3.16. The third kappa shape index (κ3) is 3.17. The number of hydrogen-bond donors (Lipinski definition) is 1. The highest BCUT2D eigenvalue weighted by Crippen LogP contribution is 2.14. The van der Waals surface area contributed by atoms with Crippen molar-refractivity contribution in [2.75, 3.05) is 13.1 Å². The summed E-state index contributed by atoms with van der Waals surface area (Å²) in [6.45, 7) is 7.78.